The summed E-state index contributed by atoms with van der Waals surface area (Å²) >= 11 is 0. The summed E-state index contributed by atoms with van der Waals surface area (Å²) in [5.41, 5.74) is 13.4. The van der Waals surface area contributed by atoms with E-state index < -0.39 is 17.0 Å². The Kier molecular flexibility index (Phi) is 20.3. The average molecular weight is 999 g/mol. The van der Waals surface area contributed by atoms with Gasteiger partial charge in [0.05, 0.1) is 41.2 Å². The summed E-state index contributed by atoms with van der Waals surface area (Å²) in [7, 11) is 1.79. The van der Waals surface area contributed by atoms with Crippen LogP contribution in [-0.4, -0.2) is 67.7 Å². The highest BCUT2D eigenvalue weighted by Crippen LogP contribution is 2.42. The molecule has 6 rings (SSSR count). The minimum Gasteiger partial charge on any atom is -0.490 e. The maximum absolute atomic E-state index is 13.8. The minimum absolute atomic E-state index is 0.00454. The van der Waals surface area contributed by atoms with Gasteiger partial charge in [-0.15, -0.1) is 0 Å². The van der Waals surface area contributed by atoms with E-state index in [1.165, 1.54) is 57.8 Å². The molecule has 0 saturated heterocycles. The van der Waals surface area contributed by atoms with Crippen molar-refractivity contribution < 1.29 is 23.9 Å². The highest BCUT2D eigenvalue weighted by atomic mass is 16.5. The molecule has 3 N–H and O–H groups in total. The number of carbonyl (C=O) groups is 3. The quantitative estimate of drug-likeness (QED) is 0.0270. The second kappa shape index (κ2) is 25.9. The van der Waals surface area contributed by atoms with Gasteiger partial charge in [-0.05, 0) is 133 Å². The van der Waals surface area contributed by atoms with Crippen molar-refractivity contribution in [3.05, 3.63) is 87.7 Å². The van der Waals surface area contributed by atoms with Gasteiger partial charge in [0.2, 0.25) is 0 Å². The van der Waals surface area contributed by atoms with Crippen LogP contribution in [0.3, 0.4) is 0 Å². The first-order chi connectivity index (χ1) is 34.7. The number of nitrogens with one attached hydrogen (secondary N) is 1. The van der Waals surface area contributed by atoms with Crippen LogP contribution in [0.25, 0.3) is 21.9 Å². The van der Waals surface area contributed by atoms with Crippen LogP contribution in [0.15, 0.2) is 48.5 Å². The third kappa shape index (κ3) is 14.6. The Hall–Kier alpha value is -5.13. The number of ketones is 2. The summed E-state index contributed by atoms with van der Waals surface area (Å²) in [5.74, 6) is 3.95. The number of esters is 1. The fourth-order valence-corrected chi connectivity index (χ4v) is 10.5. The summed E-state index contributed by atoms with van der Waals surface area (Å²) in [5, 5.41) is 4.50. The highest BCUT2D eigenvalue weighted by Gasteiger charge is 2.37. The van der Waals surface area contributed by atoms with E-state index in [4.69, 9.17) is 20.2 Å². The van der Waals surface area contributed by atoms with Crippen LogP contribution >= 0.6 is 0 Å². The number of carbonyl (C=O) groups excluding carboxylic acids is 3. The molecule has 5 aromatic rings. The molecule has 3 atom stereocenters. The summed E-state index contributed by atoms with van der Waals surface area (Å²) in [6, 6.07) is 16.5. The van der Waals surface area contributed by atoms with E-state index >= 15 is 0 Å². The number of anilines is 1. The lowest BCUT2D eigenvalue weighted by Crippen LogP contribution is -2.55. The SMILES string of the molecule is CCCCCC(C)CCCC(C)CCCC1CCc2c(C)c(OC(=O)CCC(=O)C(C)(C)N(C)CC(=O)C(C)(C)NCc3ccc(Cn4c(CCCC)nc5c(N)nc6ccccc6c54)cc3)c(C)c(C)c2O1. The number of nitrogens with two attached hydrogens (primary N) is 1. The van der Waals surface area contributed by atoms with Crippen molar-refractivity contribution in [2.24, 2.45) is 11.8 Å². The zero-order valence-electron chi connectivity index (χ0n) is 46.9. The van der Waals surface area contributed by atoms with Crippen molar-refractivity contribution >= 4 is 45.3 Å². The number of ether oxygens (including phenoxy) is 2. The number of aromatic nitrogens is 3. The smallest absolute Gasteiger partial charge is 0.311 e. The number of imidazole rings is 1. The molecule has 11 nitrogen and oxygen atoms in total. The van der Waals surface area contributed by atoms with Gasteiger partial charge in [-0.2, -0.15) is 0 Å². The van der Waals surface area contributed by atoms with E-state index in [0.717, 1.165) is 117 Å². The van der Waals surface area contributed by atoms with E-state index in [9.17, 15) is 14.4 Å². The fraction of sp³-hybridized carbons (Fsp3) is 0.597. The summed E-state index contributed by atoms with van der Waals surface area (Å²) in [4.78, 5) is 52.4. The number of benzene rings is 3. The normalized spacial score (nSPS) is 14.9. The van der Waals surface area contributed by atoms with Gasteiger partial charge < -0.3 is 25.1 Å². The molecule has 0 radical (unpaired) electrons. The number of fused-ring (bicyclic) bond motifs is 4. The Morgan fingerprint density at radius 3 is 2.18 bits per heavy atom. The number of rotatable bonds is 29. The molecule has 398 valence electrons. The maximum atomic E-state index is 13.8. The monoisotopic (exact) mass is 999 g/mol. The topological polar surface area (TPSA) is 142 Å². The third-order valence-corrected chi connectivity index (χ3v) is 16.3. The molecule has 0 amide bonds. The summed E-state index contributed by atoms with van der Waals surface area (Å²) in [6.45, 7) is 23.9. The van der Waals surface area contributed by atoms with Crippen LogP contribution in [0.2, 0.25) is 0 Å². The van der Waals surface area contributed by atoms with Gasteiger partial charge in [0.1, 0.15) is 22.8 Å². The fourth-order valence-electron chi connectivity index (χ4n) is 10.5. The molecule has 73 heavy (non-hydrogen) atoms. The Labute approximate surface area is 438 Å². The van der Waals surface area contributed by atoms with Gasteiger partial charge >= 0.3 is 5.97 Å². The van der Waals surface area contributed by atoms with Gasteiger partial charge in [0, 0.05) is 36.9 Å². The first-order valence-corrected chi connectivity index (χ1v) is 27.9. The molecule has 0 fully saturated rings. The highest BCUT2D eigenvalue weighted by molar-refractivity contribution is 6.06. The van der Waals surface area contributed by atoms with Gasteiger partial charge in [-0.25, -0.2) is 9.97 Å². The molecule has 3 heterocycles. The number of Topliss-reactive ketones (excluding diaryl/α,β-unsaturated/α-hetero) is 2. The van der Waals surface area contributed by atoms with Gasteiger partial charge in [0.25, 0.3) is 0 Å². The molecule has 2 aromatic heterocycles. The number of likely N-dealkylation sites (N-methyl/N-ethyl adjacent to an activating group) is 1. The van der Waals surface area contributed by atoms with E-state index in [0.29, 0.717) is 24.7 Å². The van der Waals surface area contributed by atoms with Crippen LogP contribution in [0.4, 0.5) is 5.82 Å². The van der Waals surface area contributed by atoms with Crippen LogP contribution in [0.5, 0.6) is 11.5 Å². The number of pyridine rings is 1. The maximum Gasteiger partial charge on any atom is 0.311 e. The minimum atomic E-state index is -0.986. The average Bonchev–Trinajstić information content (AvgIpc) is 3.73. The van der Waals surface area contributed by atoms with Gasteiger partial charge in [-0.1, -0.05) is 128 Å². The first kappa shape index (κ1) is 57.2. The lowest BCUT2D eigenvalue weighted by atomic mass is 9.89. The number of hydrogen-bond donors (Lipinski definition) is 2. The van der Waals surface area contributed by atoms with Crippen LogP contribution in [0.1, 0.15) is 191 Å². The van der Waals surface area contributed by atoms with Crippen molar-refractivity contribution in [3.8, 4) is 11.5 Å². The van der Waals surface area contributed by atoms with E-state index in [1.807, 2.05) is 59.7 Å². The first-order valence-electron chi connectivity index (χ1n) is 27.9. The molecule has 3 aromatic carbocycles. The Morgan fingerprint density at radius 1 is 0.822 bits per heavy atom. The second-order valence-electron chi connectivity index (χ2n) is 22.8. The number of nitrogen functional groups attached to an aromatic ring is 1. The predicted octanol–water partition coefficient (Wildman–Crippen LogP) is 13.5. The van der Waals surface area contributed by atoms with Crippen molar-refractivity contribution in [2.45, 2.75) is 216 Å². The molecule has 0 bridgehead atoms. The zero-order valence-corrected chi connectivity index (χ0v) is 46.9. The molecular formula is C62H90N6O5. The van der Waals surface area contributed by atoms with E-state index in [-0.39, 0.29) is 37.1 Å². The number of para-hydroxylation sites is 1. The molecule has 1 aliphatic rings. The molecule has 3 unspecified atom stereocenters. The van der Waals surface area contributed by atoms with Gasteiger partial charge in [-0.3, -0.25) is 19.3 Å². The Morgan fingerprint density at radius 2 is 1.48 bits per heavy atom. The van der Waals surface area contributed by atoms with E-state index in [2.05, 4.69) is 79.8 Å². The zero-order chi connectivity index (χ0) is 53.0. The molecule has 0 spiro atoms. The summed E-state index contributed by atoms with van der Waals surface area (Å²) < 4.78 is 15.0. The Balaban J connectivity index is 0.959. The standard InChI is InChI=1S/C62H90N6O5/c1-13-15-17-22-41(3)23-20-24-42(4)25-21-26-48-34-35-49-45(7)58(43(5)44(6)59(49)72-48)73-55(71)37-36-52(69)62(10,11)67(12)40-53(70)61(8,9)64-38-46-30-32-47(33-31-46)39-68-54(29-16-14-2)66-56-57(68)50-27-18-19-28-51(50)65-60(56)63/h18-19,27-28,30-33,41-42,48,64H,13-17,20-26,29,34-40H2,1-12H3,(H2,63,65). The van der Waals surface area contributed by atoms with Crippen molar-refractivity contribution in [1.82, 2.24) is 24.8 Å². The van der Waals surface area contributed by atoms with Crippen molar-refractivity contribution in [3.63, 3.8) is 0 Å². The number of aryl methyl sites for hydroxylation is 1. The predicted molar refractivity (Wildman–Crippen MR) is 300 cm³/mol. The molecule has 0 saturated carbocycles. The number of nitrogens with zero attached hydrogens (tertiary/aromatic N) is 4. The number of hydrogen-bond acceptors (Lipinski definition) is 10. The molecular weight excluding hydrogens is 909 g/mol. The van der Waals surface area contributed by atoms with Crippen molar-refractivity contribution in [1.29, 1.82) is 0 Å². The second-order valence-corrected chi connectivity index (χ2v) is 22.8. The van der Waals surface area contributed by atoms with Crippen molar-refractivity contribution in [2.75, 3.05) is 19.3 Å². The molecule has 0 aliphatic carbocycles. The lowest BCUT2D eigenvalue weighted by Gasteiger charge is -2.36. The lowest BCUT2D eigenvalue weighted by molar-refractivity contribution is -0.139. The van der Waals surface area contributed by atoms with Gasteiger partial charge in [0.15, 0.2) is 17.4 Å². The summed E-state index contributed by atoms with van der Waals surface area (Å²) in [6.07, 6.45) is 17.8. The van der Waals surface area contributed by atoms with Crippen LogP contribution in [0, 0.1) is 32.6 Å². The molecule has 11 heteroatoms. The van der Waals surface area contributed by atoms with Crippen LogP contribution < -0.4 is 20.5 Å². The number of unbranched alkanes of at least 4 members (excludes halogenated alkanes) is 3. The molecule has 1 aliphatic heterocycles. The van der Waals surface area contributed by atoms with Crippen LogP contribution in [-0.2, 0) is 40.3 Å². The Bertz CT molecular complexity index is 2670. The van der Waals surface area contributed by atoms with E-state index in [1.54, 1.807) is 11.9 Å². The third-order valence-electron chi connectivity index (χ3n) is 16.3. The largest absolute Gasteiger partial charge is 0.490 e.